The van der Waals surface area contributed by atoms with E-state index in [-0.39, 0.29) is 43.8 Å². The summed E-state index contributed by atoms with van der Waals surface area (Å²) in [4.78, 5) is 17.2. The van der Waals surface area contributed by atoms with Gasteiger partial charge in [0.05, 0.1) is 19.3 Å². The van der Waals surface area contributed by atoms with Crippen molar-refractivity contribution in [2.45, 2.75) is 17.4 Å². The van der Waals surface area contributed by atoms with Crippen molar-refractivity contribution < 1.29 is 22.3 Å². The molecule has 0 spiro atoms. The maximum absolute atomic E-state index is 14.6. The van der Waals surface area contributed by atoms with E-state index in [2.05, 4.69) is 0 Å². The zero-order valence-electron chi connectivity index (χ0n) is 17.1. The second kappa shape index (κ2) is 8.68. The number of sulfonamides is 1. The number of carbonyl (C=O) groups is 1. The third-order valence-corrected chi connectivity index (χ3v) is 9.64. The molecule has 2 aromatic heterocycles. The summed E-state index contributed by atoms with van der Waals surface area (Å²) in [7, 11) is -4.06. The summed E-state index contributed by atoms with van der Waals surface area (Å²) in [6.07, 6.45) is 0.737. The fourth-order valence-corrected chi connectivity index (χ4v) is 7.47. The number of ether oxygens (including phenoxy) is 1. The van der Waals surface area contributed by atoms with Crippen LogP contribution in [0.15, 0.2) is 52.1 Å². The van der Waals surface area contributed by atoms with Crippen LogP contribution in [-0.4, -0.2) is 56.4 Å². The Hall–Kier alpha value is -2.11. The molecule has 168 valence electrons. The highest BCUT2D eigenvalue weighted by molar-refractivity contribution is 7.89. The molecule has 4 heterocycles. The number of rotatable bonds is 4. The van der Waals surface area contributed by atoms with E-state index in [1.54, 1.807) is 27.6 Å². The highest BCUT2D eigenvalue weighted by atomic mass is 32.2. The van der Waals surface area contributed by atoms with Gasteiger partial charge in [0.15, 0.2) is 0 Å². The van der Waals surface area contributed by atoms with E-state index < -0.39 is 20.7 Å². The van der Waals surface area contributed by atoms with E-state index in [1.165, 1.54) is 21.3 Å². The van der Waals surface area contributed by atoms with Gasteiger partial charge in [0, 0.05) is 35.0 Å². The number of fused-ring (bicyclic) bond motifs is 1. The molecule has 2 aliphatic rings. The van der Waals surface area contributed by atoms with Crippen LogP contribution in [0.2, 0.25) is 0 Å². The van der Waals surface area contributed by atoms with Gasteiger partial charge in [0.25, 0.3) is 5.91 Å². The van der Waals surface area contributed by atoms with Gasteiger partial charge in [0.2, 0.25) is 10.0 Å². The van der Waals surface area contributed by atoms with Crippen LogP contribution in [0.4, 0.5) is 4.39 Å². The lowest BCUT2D eigenvalue weighted by Gasteiger charge is -2.35. The van der Waals surface area contributed by atoms with E-state index in [0.717, 1.165) is 22.9 Å². The van der Waals surface area contributed by atoms with Crippen molar-refractivity contribution in [1.82, 2.24) is 9.21 Å². The molecule has 2 aliphatic heterocycles. The molecule has 0 N–H and O–H groups in total. The number of amides is 1. The molecule has 1 amide bonds. The van der Waals surface area contributed by atoms with Crippen molar-refractivity contribution in [2.75, 3.05) is 32.8 Å². The Bertz CT molecular complexity index is 1230. The van der Waals surface area contributed by atoms with Gasteiger partial charge in [-0.05, 0) is 53.1 Å². The molecule has 0 radical (unpaired) electrons. The predicted octanol–water partition coefficient (Wildman–Crippen LogP) is 3.76. The van der Waals surface area contributed by atoms with Crippen molar-refractivity contribution in [3.8, 4) is 0 Å². The monoisotopic (exact) mass is 492 g/mol. The predicted molar refractivity (Wildman–Crippen MR) is 121 cm³/mol. The first-order valence-corrected chi connectivity index (χ1v) is 13.4. The molecular weight excluding hydrogens is 471 g/mol. The molecule has 3 aromatic rings. The first-order valence-electron chi connectivity index (χ1n) is 10.2. The fourth-order valence-electron chi connectivity index (χ4n) is 4.21. The van der Waals surface area contributed by atoms with Crippen LogP contribution in [0.1, 0.15) is 31.7 Å². The maximum Gasteiger partial charge on any atom is 0.254 e. The third kappa shape index (κ3) is 3.80. The molecule has 1 saturated heterocycles. The van der Waals surface area contributed by atoms with Crippen LogP contribution in [0.25, 0.3) is 0 Å². The number of morpholine rings is 1. The number of thiophene rings is 2. The lowest BCUT2D eigenvalue weighted by molar-refractivity contribution is 0.0697. The number of hydrogen-bond acceptors (Lipinski definition) is 6. The quantitative estimate of drug-likeness (QED) is 0.556. The second-order valence-electron chi connectivity index (χ2n) is 7.63. The normalized spacial score (nSPS) is 19.7. The first kappa shape index (κ1) is 21.7. The van der Waals surface area contributed by atoms with Crippen molar-refractivity contribution in [3.05, 3.63) is 73.9 Å². The Balaban J connectivity index is 1.51. The summed E-state index contributed by atoms with van der Waals surface area (Å²) in [6, 6.07) is 9.38. The van der Waals surface area contributed by atoms with Crippen LogP contribution in [0.5, 0.6) is 0 Å². The molecule has 1 fully saturated rings. The molecule has 6 nitrogen and oxygen atoms in total. The summed E-state index contributed by atoms with van der Waals surface area (Å²) >= 11 is 3.26. The van der Waals surface area contributed by atoms with Crippen LogP contribution < -0.4 is 0 Å². The molecule has 1 aromatic carbocycles. The van der Waals surface area contributed by atoms with Crippen LogP contribution in [0.3, 0.4) is 0 Å². The molecule has 0 aliphatic carbocycles. The number of benzene rings is 1. The minimum Gasteiger partial charge on any atom is -0.379 e. The first-order chi connectivity index (χ1) is 15.5. The van der Waals surface area contributed by atoms with Crippen molar-refractivity contribution in [1.29, 1.82) is 0 Å². The highest BCUT2D eigenvalue weighted by Gasteiger charge is 2.35. The number of hydrogen-bond donors (Lipinski definition) is 0. The van der Waals surface area contributed by atoms with Crippen LogP contribution in [-0.2, 0) is 21.2 Å². The van der Waals surface area contributed by atoms with Gasteiger partial charge in [-0.2, -0.15) is 4.31 Å². The van der Waals surface area contributed by atoms with Crippen molar-refractivity contribution in [2.24, 2.45) is 0 Å². The molecule has 5 rings (SSSR count). The van der Waals surface area contributed by atoms with Gasteiger partial charge in [-0.25, -0.2) is 12.8 Å². The largest absolute Gasteiger partial charge is 0.379 e. The summed E-state index contributed by atoms with van der Waals surface area (Å²) < 4.78 is 47.1. The van der Waals surface area contributed by atoms with Crippen LogP contribution >= 0.6 is 22.7 Å². The zero-order chi connectivity index (χ0) is 22.3. The van der Waals surface area contributed by atoms with E-state index in [4.69, 9.17) is 4.74 Å². The Kier molecular flexibility index (Phi) is 5.89. The van der Waals surface area contributed by atoms with Gasteiger partial charge >= 0.3 is 0 Å². The molecule has 32 heavy (non-hydrogen) atoms. The fraction of sp³-hybridized carbons (Fsp3) is 0.318. The molecule has 1 unspecified atom stereocenters. The van der Waals surface area contributed by atoms with Gasteiger partial charge in [-0.15, -0.1) is 22.7 Å². The van der Waals surface area contributed by atoms with Crippen molar-refractivity contribution in [3.63, 3.8) is 0 Å². The summed E-state index contributed by atoms with van der Waals surface area (Å²) in [5, 5.41) is 4.01. The second-order valence-corrected chi connectivity index (χ2v) is 11.5. The number of carbonyl (C=O) groups excluding carboxylic acids is 1. The summed E-state index contributed by atoms with van der Waals surface area (Å²) in [5.41, 5.74) is 1.26. The number of halogens is 1. The van der Waals surface area contributed by atoms with Gasteiger partial charge < -0.3 is 9.64 Å². The highest BCUT2D eigenvalue weighted by Crippen LogP contribution is 2.40. The lowest BCUT2D eigenvalue weighted by atomic mass is 9.97. The molecule has 0 bridgehead atoms. The van der Waals surface area contributed by atoms with Crippen LogP contribution in [0, 0.1) is 5.82 Å². The Morgan fingerprint density at radius 2 is 1.88 bits per heavy atom. The molecule has 1 atom stereocenters. The van der Waals surface area contributed by atoms with Gasteiger partial charge in [-0.1, -0.05) is 6.07 Å². The topological polar surface area (TPSA) is 66.9 Å². The Morgan fingerprint density at radius 1 is 1.06 bits per heavy atom. The Labute approximate surface area is 193 Å². The standard InChI is InChI=1S/C22H21FN2O4S3/c23-17-4-3-15(14-20(17)32(27,28)24-8-10-29-11-9-24)22(26)25-7-5-18-16(6-13-31-18)21(25)19-2-1-12-30-19/h1-4,6,12-14,21H,5,7-11H2. The third-order valence-electron chi connectivity index (χ3n) is 5.81. The summed E-state index contributed by atoms with van der Waals surface area (Å²) in [5.74, 6) is -1.17. The minimum absolute atomic E-state index is 0.160. The lowest BCUT2D eigenvalue weighted by Crippen LogP contribution is -2.41. The minimum atomic E-state index is -4.06. The van der Waals surface area contributed by atoms with E-state index in [1.807, 2.05) is 29.0 Å². The average Bonchev–Trinajstić information content (AvgIpc) is 3.51. The van der Waals surface area contributed by atoms with Crippen molar-refractivity contribution >= 4 is 38.6 Å². The zero-order valence-corrected chi connectivity index (χ0v) is 19.5. The molecule has 10 heteroatoms. The van der Waals surface area contributed by atoms with Gasteiger partial charge in [0.1, 0.15) is 10.7 Å². The average molecular weight is 493 g/mol. The SMILES string of the molecule is O=C(c1ccc(F)c(S(=O)(=O)N2CCOCC2)c1)N1CCc2sccc2C1c1cccs1. The number of nitrogens with zero attached hydrogens (tertiary/aromatic N) is 2. The van der Waals surface area contributed by atoms with Gasteiger partial charge in [-0.3, -0.25) is 4.79 Å². The van der Waals surface area contributed by atoms with E-state index in [9.17, 15) is 17.6 Å². The molecule has 0 saturated carbocycles. The Morgan fingerprint density at radius 3 is 2.62 bits per heavy atom. The van der Waals surface area contributed by atoms with E-state index in [0.29, 0.717) is 6.54 Å². The maximum atomic E-state index is 14.6. The summed E-state index contributed by atoms with van der Waals surface area (Å²) in [6.45, 7) is 1.36. The molecular formula is C22H21FN2O4S3. The smallest absolute Gasteiger partial charge is 0.254 e. The van der Waals surface area contributed by atoms with E-state index >= 15 is 0 Å².